The van der Waals surface area contributed by atoms with E-state index in [0.29, 0.717) is 33.4 Å². The molecule has 0 aliphatic carbocycles. The van der Waals surface area contributed by atoms with E-state index in [0.717, 1.165) is 5.56 Å². The van der Waals surface area contributed by atoms with Crippen LogP contribution in [0, 0.1) is 0 Å². The second-order valence-corrected chi connectivity index (χ2v) is 18.2. The molecule has 0 unspecified atom stereocenters. The smallest absolute Gasteiger partial charge is 0.192 e. The van der Waals surface area contributed by atoms with Crippen LogP contribution < -0.4 is 0 Å². The molecule has 3 aromatic rings. The number of rotatable bonds is 6. The summed E-state index contributed by atoms with van der Waals surface area (Å²) in [6.07, 6.45) is 0.294. The van der Waals surface area contributed by atoms with Gasteiger partial charge in [-0.3, -0.25) is 0 Å². The van der Waals surface area contributed by atoms with Gasteiger partial charge < -0.3 is 28.3 Å². The van der Waals surface area contributed by atoms with Crippen LogP contribution in [-0.4, -0.2) is 51.6 Å². The highest BCUT2D eigenvalue weighted by molar-refractivity contribution is 6.74. The van der Waals surface area contributed by atoms with E-state index in [2.05, 4.69) is 43.8 Å². The molecule has 5 rings (SSSR count). The number of nitrogens with zero attached hydrogens (tertiary/aromatic N) is 3. The second kappa shape index (κ2) is 9.77. The summed E-state index contributed by atoms with van der Waals surface area (Å²) in [4.78, 5) is 8.52. The lowest BCUT2D eigenvalue weighted by molar-refractivity contribution is -0.223. The van der Waals surface area contributed by atoms with Crippen LogP contribution in [0.2, 0.25) is 28.3 Å². The molecule has 11 heteroatoms. The van der Waals surface area contributed by atoms with Gasteiger partial charge in [0.1, 0.15) is 41.0 Å². The summed E-state index contributed by atoms with van der Waals surface area (Å²) in [6, 6.07) is 7.31. The van der Waals surface area contributed by atoms with E-state index in [-0.39, 0.29) is 5.04 Å². The number of hydrogen-bond acceptors (Lipinski definition) is 7. The maximum atomic E-state index is 11.9. The van der Waals surface area contributed by atoms with Gasteiger partial charge in [0, 0.05) is 11.2 Å². The minimum atomic E-state index is -2.05. The summed E-state index contributed by atoms with van der Waals surface area (Å²) in [7, 11) is -2.05. The van der Waals surface area contributed by atoms with Crippen LogP contribution >= 0.6 is 23.2 Å². The normalized spacial score (nSPS) is 27.7. The maximum Gasteiger partial charge on any atom is 0.192 e. The van der Waals surface area contributed by atoms with Gasteiger partial charge in [-0.1, -0.05) is 50.0 Å². The van der Waals surface area contributed by atoms with Crippen molar-refractivity contribution in [1.82, 2.24) is 14.5 Å². The van der Waals surface area contributed by atoms with Crippen molar-refractivity contribution in [2.75, 3.05) is 0 Å². The van der Waals surface area contributed by atoms with Crippen molar-refractivity contribution in [3.05, 3.63) is 58.1 Å². The van der Waals surface area contributed by atoms with Crippen molar-refractivity contribution < 1.29 is 23.7 Å². The molecule has 1 aromatic carbocycles. The van der Waals surface area contributed by atoms with Crippen LogP contribution in [0.25, 0.3) is 11.0 Å². The van der Waals surface area contributed by atoms with E-state index >= 15 is 0 Å². The molecule has 39 heavy (non-hydrogen) atoms. The molecule has 1 N–H and O–H groups in total. The summed E-state index contributed by atoms with van der Waals surface area (Å²) in [5.41, 5.74) is 1.13. The van der Waals surface area contributed by atoms with Gasteiger partial charge in [-0.25, -0.2) is 9.97 Å². The summed E-state index contributed by atoms with van der Waals surface area (Å²) in [5, 5.41) is 13.6. The molecular weight excluding hydrogens is 557 g/mol. The minimum absolute atomic E-state index is 0.0411. The lowest BCUT2D eigenvalue weighted by Gasteiger charge is -2.37. The van der Waals surface area contributed by atoms with Crippen molar-refractivity contribution in [2.45, 2.75) is 102 Å². The Kier molecular flexibility index (Phi) is 7.25. The van der Waals surface area contributed by atoms with Crippen molar-refractivity contribution in [3.8, 4) is 0 Å². The quantitative estimate of drug-likeness (QED) is 0.248. The standard InChI is InChI=1S/C28H37Cl2N3O5Si/c1-26(2,3)39(7,8)35-14-16-13-17(29)9-10-18(16)20(34)21-28(6)22(37-27(4,5)38-28)25(36-21)33-12-11-19-23(30)31-15-32-24(19)33/h9-13,15,20-22,25,34H,14H2,1-8H3/t20-,21-,22+,25-,28-/m1/s1. The zero-order valence-corrected chi connectivity index (χ0v) is 26.2. The van der Waals surface area contributed by atoms with E-state index < -0.39 is 44.2 Å². The predicted octanol–water partition coefficient (Wildman–Crippen LogP) is 6.80. The molecule has 2 aliphatic heterocycles. The molecule has 0 bridgehead atoms. The Morgan fingerprint density at radius 1 is 1.15 bits per heavy atom. The number of halogens is 2. The van der Waals surface area contributed by atoms with Gasteiger partial charge >= 0.3 is 0 Å². The molecule has 8 nitrogen and oxygen atoms in total. The molecule has 2 fully saturated rings. The van der Waals surface area contributed by atoms with Gasteiger partial charge in [0.2, 0.25) is 0 Å². The molecule has 0 radical (unpaired) electrons. The Labute approximate surface area is 240 Å². The number of ether oxygens (including phenoxy) is 3. The largest absolute Gasteiger partial charge is 0.413 e. The molecular formula is C28H37Cl2N3O5Si. The SMILES string of the molecule is CC1(C)O[C@H]2[C@H](n3ccc4c(Cl)ncnc43)O[C@H]([C@H](O)c3ccc(Cl)cc3CO[Si](C)(C)C(C)(C)C)[C@@]2(C)O1. The van der Waals surface area contributed by atoms with Crippen molar-refractivity contribution in [1.29, 1.82) is 0 Å². The minimum Gasteiger partial charge on any atom is -0.413 e. The van der Waals surface area contributed by atoms with Gasteiger partial charge in [0.05, 0.1) is 12.0 Å². The summed E-state index contributed by atoms with van der Waals surface area (Å²) < 4.78 is 27.9. The third kappa shape index (κ3) is 5.06. The monoisotopic (exact) mass is 593 g/mol. The van der Waals surface area contributed by atoms with E-state index in [1.54, 1.807) is 6.07 Å². The van der Waals surface area contributed by atoms with Gasteiger partial charge in [0.25, 0.3) is 0 Å². The van der Waals surface area contributed by atoms with Crippen LogP contribution in [0.15, 0.2) is 36.8 Å². The third-order valence-electron chi connectivity index (χ3n) is 8.39. The summed E-state index contributed by atoms with van der Waals surface area (Å²) in [6.45, 7) is 17.0. The van der Waals surface area contributed by atoms with Gasteiger partial charge in [-0.2, -0.15) is 0 Å². The van der Waals surface area contributed by atoms with Crippen molar-refractivity contribution in [2.24, 2.45) is 0 Å². The number of aliphatic hydroxyl groups is 1. The number of hydrogen-bond donors (Lipinski definition) is 1. The second-order valence-electron chi connectivity index (χ2n) is 12.6. The number of benzene rings is 1. The highest BCUT2D eigenvalue weighted by Gasteiger charge is 2.66. The van der Waals surface area contributed by atoms with E-state index in [1.807, 2.05) is 49.7 Å². The van der Waals surface area contributed by atoms with Crippen LogP contribution in [0.5, 0.6) is 0 Å². The number of aliphatic hydroxyl groups excluding tert-OH is 1. The summed E-state index contributed by atoms with van der Waals surface area (Å²) >= 11 is 12.7. The van der Waals surface area contributed by atoms with Gasteiger partial charge in [-0.05, 0) is 68.2 Å². The first-order valence-electron chi connectivity index (χ1n) is 13.1. The highest BCUT2D eigenvalue weighted by Crippen LogP contribution is 2.54. The number of fused-ring (bicyclic) bond motifs is 2. The zero-order valence-electron chi connectivity index (χ0n) is 23.7. The molecule has 0 amide bonds. The molecule has 0 saturated carbocycles. The highest BCUT2D eigenvalue weighted by atomic mass is 35.5. The Hall–Kier alpha value is -1.56. The van der Waals surface area contributed by atoms with Crippen molar-refractivity contribution in [3.63, 3.8) is 0 Å². The lowest BCUT2D eigenvalue weighted by Crippen LogP contribution is -2.46. The fourth-order valence-electron chi connectivity index (χ4n) is 5.32. The average Bonchev–Trinajstić information content (AvgIpc) is 3.44. The molecule has 2 saturated heterocycles. The summed E-state index contributed by atoms with van der Waals surface area (Å²) in [5.74, 6) is -0.886. The molecule has 4 heterocycles. The zero-order chi connectivity index (χ0) is 28.5. The fourth-order valence-corrected chi connectivity index (χ4v) is 6.66. The molecule has 212 valence electrons. The predicted molar refractivity (Wildman–Crippen MR) is 153 cm³/mol. The number of aromatic nitrogens is 3. The lowest BCUT2D eigenvalue weighted by atomic mass is 9.87. The fraction of sp³-hybridized carbons (Fsp3) is 0.571. The van der Waals surface area contributed by atoms with Crippen LogP contribution in [0.1, 0.15) is 65.0 Å². The molecule has 0 spiro atoms. The first kappa shape index (κ1) is 28.9. The third-order valence-corrected chi connectivity index (χ3v) is 13.4. The molecule has 2 aliphatic rings. The van der Waals surface area contributed by atoms with Crippen molar-refractivity contribution >= 4 is 42.6 Å². The van der Waals surface area contributed by atoms with E-state index in [1.165, 1.54) is 6.33 Å². The molecule has 2 aromatic heterocycles. The van der Waals surface area contributed by atoms with E-state index in [4.69, 9.17) is 41.8 Å². The molecule has 5 atom stereocenters. The maximum absolute atomic E-state index is 11.9. The Morgan fingerprint density at radius 3 is 2.56 bits per heavy atom. The first-order valence-corrected chi connectivity index (χ1v) is 16.8. The first-order chi connectivity index (χ1) is 18.0. The van der Waals surface area contributed by atoms with Crippen LogP contribution in [0.3, 0.4) is 0 Å². The topological polar surface area (TPSA) is 87.9 Å². The Bertz CT molecular complexity index is 1390. The van der Waals surface area contributed by atoms with Gasteiger partial charge in [0.15, 0.2) is 20.3 Å². The Morgan fingerprint density at radius 2 is 1.87 bits per heavy atom. The van der Waals surface area contributed by atoms with Crippen LogP contribution in [-0.2, 0) is 25.2 Å². The Balaban J connectivity index is 1.52. The van der Waals surface area contributed by atoms with Crippen LogP contribution in [0.4, 0.5) is 0 Å². The average molecular weight is 595 g/mol. The van der Waals surface area contributed by atoms with E-state index in [9.17, 15) is 5.11 Å². The van der Waals surface area contributed by atoms with Gasteiger partial charge in [-0.15, -0.1) is 0 Å².